The van der Waals surface area contributed by atoms with Gasteiger partial charge < -0.3 is 0 Å². The lowest BCUT2D eigenvalue weighted by atomic mass is 10.3. The summed E-state index contributed by atoms with van der Waals surface area (Å²) in [6, 6.07) is 0. The number of hydrogen-bond acceptors (Lipinski definition) is 0. The Morgan fingerprint density at radius 1 is 1.62 bits per heavy atom. The molecule has 0 aliphatic carbocycles. The first-order valence-electron chi connectivity index (χ1n) is 1.96. The van der Waals surface area contributed by atoms with Gasteiger partial charge in [0.15, 0.2) is 0 Å². The van der Waals surface area contributed by atoms with Crippen LogP contribution in [0.5, 0.6) is 0 Å². The molecule has 0 saturated carbocycles. The lowest BCUT2D eigenvalue weighted by Crippen LogP contribution is -2.06. The van der Waals surface area contributed by atoms with Crippen LogP contribution in [0, 0.1) is 5.63 Å². The highest BCUT2D eigenvalue weighted by Crippen LogP contribution is 2.31. The second-order valence-corrected chi connectivity index (χ2v) is 3.86. The van der Waals surface area contributed by atoms with E-state index in [9.17, 15) is 4.39 Å². The van der Waals surface area contributed by atoms with Crippen LogP contribution in [0.4, 0.5) is 4.39 Å². The molecular weight excluding hydrogens is 173 g/mol. The van der Waals surface area contributed by atoms with Gasteiger partial charge >= 0.3 is 0 Å². The first kappa shape index (κ1) is 8.80. The molecular formula is C4H5Cl3F. The summed E-state index contributed by atoms with van der Waals surface area (Å²) in [7, 11) is 0. The standard InChI is InChI=1S/C4H5Cl3F/c1-4(6,7)2-3(5)8/h2H2,1H3. The van der Waals surface area contributed by atoms with Crippen LogP contribution in [0.15, 0.2) is 0 Å². The van der Waals surface area contributed by atoms with Crippen LogP contribution in [0.25, 0.3) is 0 Å². The second-order valence-electron chi connectivity index (χ2n) is 1.59. The predicted octanol–water partition coefficient (Wildman–Crippen LogP) is 3.27. The molecule has 4 heteroatoms. The van der Waals surface area contributed by atoms with E-state index >= 15 is 0 Å². The maximum atomic E-state index is 11.7. The van der Waals surface area contributed by atoms with Gasteiger partial charge in [-0.1, -0.05) is 11.6 Å². The first-order chi connectivity index (χ1) is 3.42. The van der Waals surface area contributed by atoms with Crippen LogP contribution >= 0.6 is 34.8 Å². The number of hydrogen-bond donors (Lipinski definition) is 0. The number of alkyl halides is 2. The van der Waals surface area contributed by atoms with E-state index in [2.05, 4.69) is 0 Å². The molecule has 0 bridgehead atoms. The molecule has 49 valence electrons. The maximum absolute atomic E-state index is 11.7. The van der Waals surface area contributed by atoms with Crippen molar-refractivity contribution in [2.75, 3.05) is 0 Å². The van der Waals surface area contributed by atoms with Crippen molar-refractivity contribution < 1.29 is 4.39 Å². The fourth-order valence-electron chi connectivity index (χ4n) is 0.235. The van der Waals surface area contributed by atoms with E-state index < -0.39 is 9.96 Å². The summed E-state index contributed by atoms with van der Waals surface area (Å²) in [6.07, 6.45) is -0.127. The molecule has 0 saturated heterocycles. The fraction of sp³-hybridized carbons (Fsp3) is 0.750. The van der Waals surface area contributed by atoms with Gasteiger partial charge in [0, 0.05) is 6.42 Å². The van der Waals surface area contributed by atoms with Gasteiger partial charge in [0.05, 0.1) is 0 Å². The van der Waals surface area contributed by atoms with Crippen molar-refractivity contribution in [3.63, 3.8) is 0 Å². The lowest BCUT2D eigenvalue weighted by molar-refractivity contribution is 0.525. The summed E-state index contributed by atoms with van der Waals surface area (Å²) in [4.78, 5) is 0. The van der Waals surface area contributed by atoms with Crippen LogP contribution in [0.1, 0.15) is 13.3 Å². The molecule has 0 amide bonds. The molecule has 0 aromatic heterocycles. The SMILES string of the molecule is CC(Cl)(Cl)C[C](F)Cl. The minimum Gasteiger partial charge on any atom is -0.221 e. The minimum absolute atomic E-state index is 0.127. The summed E-state index contributed by atoms with van der Waals surface area (Å²) < 4.78 is 10.6. The zero-order valence-corrected chi connectivity index (χ0v) is 6.49. The Morgan fingerprint density at radius 3 is 2.00 bits per heavy atom. The van der Waals surface area contributed by atoms with E-state index in [0.717, 1.165) is 0 Å². The largest absolute Gasteiger partial charge is 0.233 e. The lowest BCUT2D eigenvalue weighted by Gasteiger charge is -2.10. The van der Waals surface area contributed by atoms with E-state index in [-0.39, 0.29) is 6.42 Å². The van der Waals surface area contributed by atoms with Gasteiger partial charge in [0.1, 0.15) is 4.33 Å². The molecule has 0 aromatic rings. The molecule has 0 N–H and O–H groups in total. The Labute approximate surface area is 62.9 Å². The third kappa shape index (κ3) is 6.80. The van der Waals surface area contributed by atoms with E-state index in [1.54, 1.807) is 0 Å². The normalized spacial score (nSPS) is 12.8. The quantitative estimate of drug-likeness (QED) is 0.569. The Bertz CT molecular complexity index is 66.2. The average Bonchev–Trinajstić information content (AvgIpc) is 1.21. The topological polar surface area (TPSA) is 0 Å². The Balaban J connectivity index is 3.39. The molecule has 0 nitrogen and oxygen atoms in total. The fourth-order valence-corrected chi connectivity index (χ4v) is 0.873. The highest BCUT2D eigenvalue weighted by Gasteiger charge is 2.21. The highest BCUT2D eigenvalue weighted by molar-refractivity contribution is 6.48. The molecule has 0 fully saturated rings. The molecule has 1 radical (unpaired) electrons. The second kappa shape index (κ2) is 3.09. The monoisotopic (exact) mass is 177 g/mol. The maximum Gasteiger partial charge on any atom is 0.233 e. The zero-order chi connectivity index (χ0) is 6.78. The van der Waals surface area contributed by atoms with Crippen LogP contribution < -0.4 is 0 Å². The van der Waals surface area contributed by atoms with Gasteiger partial charge in [-0.25, -0.2) is 4.39 Å². The van der Waals surface area contributed by atoms with Crippen molar-refractivity contribution in [3.8, 4) is 0 Å². The molecule has 8 heavy (non-hydrogen) atoms. The van der Waals surface area contributed by atoms with Gasteiger partial charge in [-0.3, -0.25) is 0 Å². The van der Waals surface area contributed by atoms with Crippen molar-refractivity contribution in [2.45, 2.75) is 17.7 Å². The van der Waals surface area contributed by atoms with Crippen molar-refractivity contribution in [1.82, 2.24) is 0 Å². The summed E-state index contributed by atoms with van der Waals surface area (Å²) in [5, 5.41) is 0. The molecule has 0 aromatic carbocycles. The van der Waals surface area contributed by atoms with E-state index in [4.69, 9.17) is 34.8 Å². The Morgan fingerprint density at radius 2 is 2.00 bits per heavy atom. The van der Waals surface area contributed by atoms with Crippen LogP contribution in [-0.2, 0) is 0 Å². The smallest absolute Gasteiger partial charge is 0.221 e. The van der Waals surface area contributed by atoms with Crippen molar-refractivity contribution in [3.05, 3.63) is 5.63 Å². The van der Waals surface area contributed by atoms with Crippen molar-refractivity contribution in [1.29, 1.82) is 0 Å². The summed E-state index contributed by atoms with van der Waals surface area (Å²) in [5.74, 6) is 0. The molecule has 0 aliphatic rings. The summed E-state index contributed by atoms with van der Waals surface area (Å²) >= 11 is 15.5. The third-order valence-corrected chi connectivity index (χ3v) is 0.845. The van der Waals surface area contributed by atoms with E-state index in [1.165, 1.54) is 6.92 Å². The zero-order valence-electron chi connectivity index (χ0n) is 4.22. The highest BCUT2D eigenvalue weighted by atomic mass is 35.5. The predicted molar refractivity (Wildman–Crippen MR) is 34.9 cm³/mol. The average molecular weight is 178 g/mol. The third-order valence-electron chi connectivity index (χ3n) is 0.444. The van der Waals surface area contributed by atoms with Crippen LogP contribution in [0.3, 0.4) is 0 Å². The summed E-state index contributed by atoms with van der Waals surface area (Å²) in [6.45, 7) is 1.47. The van der Waals surface area contributed by atoms with Gasteiger partial charge in [0.25, 0.3) is 0 Å². The van der Waals surface area contributed by atoms with Gasteiger partial charge in [0.2, 0.25) is 5.63 Å². The summed E-state index contributed by atoms with van der Waals surface area (Å²) in [5.41, 5.74) is -0.766. The minimum atomic E-state index is -1.08. The van der Waals surface area contributed by atoms with Gasteiger partial charge in [-0.05, 0) is 6.92 Å². The van der Waals surface area contributed by atoms with Gasteiger partial charge in [-0.15, -0.1) is 23.2 Å². The Hall–Kier alpha value is 0.800. The number of halogens is 4. The van der Waals surface area contributed by atoms with Gasteiger partial charge in [-0.2, -0.15) is 0 Å². The molecule has 0 atom stereocenters. The number of rotatable bonds is 2. The van der Waals surface area contributed by atoms with Crippen molar-refractivity contribution in [2.24, 2.45) is 0 Å². The van der Waals surface area contributed by atoms with E-state index in [0.29, 0.717) is 0 Å². The molecule has 0 unspecified atom stereocenters. The molecule has 0 rings (SSSR count). The molecule has 0 heterocycles. The first-order valence-corrected chi connectivity index (χ1v) is 3.10. The van der Waals surface area contributed by atoms with Crippen molar-refractivity contribution >= 4 is 34.8 Å². The van der Waals surface area contributed by atoms with Crippen LogP contribution in [-0.4, -0.2) is 4.33 Å². The van der Waals surface area contributed by atoms with Crippen LogP contribution in [0.2, 0.25) is 0 Å². The van der Waals surface area contributed by atoms with E-state index in [1.807, 2.05) is 0 Å². The Kier molecular flexibility index (Phi) is 3.40. The molecule has 0 spiro atoms. The molecule has 0 aliphatic heterocycles.